The summed E-state index contributed by atoms with van der Waals surface area (Å²) in [6, 6.07) is 26.1. The van der Waals surface area contributed by atoms with E-state index in [4.69, 9.17) is 16.3 Å². The average Bonchev–Trinajstić information content (AvgIpc) is 3.00. The highest BCUT2D eigenvalue weighted by Crippen LogP contribution is 2.27. The molecule has 0 aliphatic heterocycles. The van der Waals surface area contributed by atoms with Gasteiger partial charge in [-0.1, -0.05) is 41.9 Å². The van der Waals surface area contributed by atoms with E-state index in [-0.39, 0.29) is 0 Å². The molecule has 0 bridgehead atoms. The zero-order valence-electron chi connectivity index (χ0n) is 13.0. The van der Waals surface area contributed by atoms with Crippen molar-refractivity contribution < 1.29 is 4.74 Å². The van der Waals surface area contributed by atoms with Gasteiger partial charge in [0, 0.05) is 23.8 Å². The number of aromatic nitrogens is 1. The quantitative estimate of drug-likeness (QED) is 0.438. The van der Waals surface area contributed by atoms with Gasteiger partial charge in [0.15, 0.2) is 0 Å². The molecule has 2 nitrogen and oxygen atoms in total. The Labute approximate surface area is 145 Å². The Balaban J connectivity index is 1.64. The molecule has 1 heterocycles. The lowest BCUT2D eigenvalue weighted by atomic mass is 10.2. The zero-order chi connectivity index (χ0) is 16.4. The van der Waals surface area contributed by atoms with Gasteiger partial charge < -0.3 is 9.30 Å². The maximum absolute atomic E-state index is 5.96. The molecular formula is C21H16ClNO. The van der Waals surface area contributed by atoms with E-state index in [2.05, 4.69) is 41.1 Å². The zero-order valence-corrected chi connectivity index (χ0v) is 13.8. The maximum Gasteiger partial charge on any atom is 0.129 e. The largest absolute Gasteiger partial charge is 0.457 e. The van der Waals surface area contributed by atoms with Crippen molar-refractivity contribution in [3.05, 3.63) is 95.6 Å². The summed E-state index contributed by atoms with van der Waals surface area (Å²) in [5, 5.41) is 1.96. The van der Waals surface area contributed by atoms with Crippen LogP contribution in [-0.2, 0) is 6.54 Å². The highest BCUT2D eigenvalue weighted by Gasteiger charge is 2.05. The Hall–Kier alpha value is -2.71. The van der Waals surface area contributed by atoms with Crippen LogP contribution >= 0.6 is 11.6 Å². The van der Waals surface area contributed by atoms with Gasteiger partial charge in [-0.3, -0.25) is 0 Å². The molecule has 0 spiro atoms. The first-order valence-electron chi connectivity index (χ1n) is 7.84. The van der Waals surface area contributed by atoms with Gasteiger partial charge in [-0.15, -0.1) is 0 Å². The topological polar surface area (TPSA) is 14.2 Å². The minimum Gasteiger partial charge on any atom is -0.457 e. The van der Waals surface area contributed by atoms with E-state index in [1.54, 1.807) is 0 Å². The van der Waals surface area contributed by atoms with Crippen LogP contribution in [0.5, 0.6) is 11.5 Å². The molecule has 4 rings (SSSR count). The SMILES string of the molecule is Clc1ccc(Cn2ccc3ccc(Oc4ccccc4)cc32)cc1. The molecule has 118 valence electrons. The van der Waals surface area contributed by atoms with Crippen molar-refractivity contribution in [1.29, 1.82) is 0 Å². The minimum absolute atomic E-state index is 0.759. The first-order valence-corrected chi connectivity index (χ1v) is 8.22. The Kier molecular flexibility index (Phi) is 3.97. The summed E-state index contributed by atoms with van der Waals surface area (Å²) >= 11 is 5.96. The van der Waals surface area contributed by atoms with Crippen molar-refractivity contribution in [3.63, 3.8) is 0 Å². The first kappa shape index (κ1) is 14.9. The number of hydrogen-bond acceptors (Lipinski definition) is 1. The second-order valence-corrected chi connectivity index (χ2v) is 6.14. The van der Waals surface area contributed by atoms with Gasteiger partial charge in [0.05, 0.1) is 5.52 Å². The molecule has 0 N–H and O–H groups in total. The van der Waals surface area contributed by atoms with Crippen LogP contribution in [-0.4, -0.2) is 4.57 Å². The lowest BCUT2D eigenvalue weighted by Crippen LogP contribution is -1.97. The highest BCUT2D eigenvalue weighted by molar-refractivity contribution is 6.30. The molecule has 0 aliphatic carbocycles. The summed E-state index contributed by atoms with van der Waals surface area (Å²) in [5.74, 6) is 1.68. The van der Waals surface area contributed by atoms with Gasteiger partial charge >= 0.3 is 0 Å². The molecule has 0 fully saturated rings. The molecule has 1 aromatic heterocycles. The fourth-order valence-electron chi connectivity index (χ4n) is 2.78. The van der Waals surface area contributed by atoms with Crippen LogP contribution in [0, 0.1) is 0 Å². The fraction of sp³-hybridized carbons (Fsp3) is 0.0476. The fourth-order valence-corrected chi connectivity index (χ4v) is 2.90. The summed E-state index contributed by atoms with van der Waals surface area (Å²) in [6.07, 6.45) is 2.10. The molecule has 3 aromatic carbocycles. The molecule has 0 aliphatic rings. The molecular weight excluding hydrogens is 318 g/mol. The lowest BCUT2D eigenvalue weighted by molar-refractivity contribution is 0.483. The van der Waals surface area contributed by atoms with E-state index in [9.17, 15) is 0 Å². The first-order chi connectivity index (χ1) is 11.8. The molecule has 0 atom stereocenters. The smallest absolute Gasteiger partial charge is 0.129 e. The molecule has 0 radical (unpaired) electrons. The number of nitrogens with zero attached hydrogens (tertiary/aromatic N) is 1. The second kappa shape index (κ2) is 6.42. The molecule has 0 unspecified atom stereocenters. The van der Waals surface area contributed by atoms with Crippen LogP contribution in [0.3, 0.4) is 0 Å². The molecule has 0 saturated carbocycles. The third-order valence-corrected chi connectivity index (χ3v) is 4.24. The standard InChI is InChI=1S/C21H16ClNO/c22-18-9-6-16(7-10-18)15-23-13-12-17-8-11-20(14-21(17)23)24-19-4-2-1-3-5-19/h1-14H,15H2. The van der Waals surface area contributed by atoms with Crippen molar-refractivity contribution >= 4 is 22.5 Å². The van der Waals surface area contributed by atoms with Gasteiger partial charge in [0.2, 0.25) is 0 Å². The number of ether oxygens (including phenoxy) is 1. The van der Waals surface area contributed by atoms with Crippen molar-refractivity contribution in [1.82, 2.24) is 4.57 Å². The average molecular weight is 334 g/mol. The van der Waals surface area contributed by atoms with E-state index < -0.39 is 0 Å². The normalized spacial score (nSPS) is 10.9. The van der Waals surface area contributed by atoms with Gasteiger partial charge in [-0.05, 0) is 53.4 Å². The molecule has 0 amide bonds. The van der Waals surface area contributed by atoms with Crippen LogP contribution in [0.2, 0.25) is 5.02 Å². The van der Waals surface area contributed by atoms with E-state index in [0.717, 1.165) is 28.6 Å². The minimum atomic E-state index is 0.759. The predicted octanol–water partition coefficient (Wildman–Crippen LogP) is 6.14. The Morgan fingerprint density at radius 2 is 1.58 bits per heavy atom. The van der Waals surface area contributed by atoms with Crippen LogP contribution in [0.1, 0.15) is 5.56 Å². The Morgan fingerprint density at radius 3 is 2.38 bits per heavy atom. The monoisotopic (exact) mass is 333 g/mol. The van der Waals surface area contributed by atoms with Crippen LogP contribution in [0.25, 0.3) is 10.9 Å². The summed E-state index contributed by atoms with van der Waals surface area (Å²) in [4.78, 5) is 0. The summed E-state index contributed by atoms with van der Waals surface area (Å²) in [5.41, 5.74) is 2.37. The van der Waals surface area contributed by atoms with Crippen LogP contribution in [0.4, 0.5) is 0 Å². The highest BCUT2D eigenvalue weighted by atomic mass is 35.5. The third kappa shape index (κ3) is 3.15. The van der Waals surface area contributed by atoms with Crippen molar-refractivity contribution in [3.8, 4) is 11.5 Å². The summed E-state index contributed by atoms with van der Waals surface area (Å²) in [6.45, 7) is 0.801. The third-order valence-electron chi connectivity index (χ3n) is 3.99. The molecule has 0 saturated heterocycles. The van der Waals surface area contributed by atoms with Crippen LogP contribution in [0.15, 0.2) is 85.1 Å². The predicted molar refractivity (Wildman–Crippen MR) is 99.0 cm³/mol. The number of hydrogen-bond donors (Lipinski definition) is 0. The van der Waals surface area contributed by atoms with Gasteiger partial charge in [-0.2, -0.15) is 0 Å². The van der Waals surface area contributed by atoms with E-state index in [1.807, 2.05) is 48.5 Å². The Morgan fingerprint density at radius 1 is 0.792 bits per heavy atom. The van der Waals surface area contributed by atoms with Gasteiger partial charge in [0.1, 0.15) is 11.5 Å². The van der Waals surface area contributed by atoms with Crippen LogP contribution < -0.4 is 4.74 Å². The van der Waals surface area contributed by atoms with Crippen molar-refractivity contribution in [2.45, 2.75) is 6.54 Å². The summed E-state index contributed by atoms with van der Waals surface area (Å²) in [7, 11) is 0. The Bertz CT molecular complexity index is 958. The number of para-hydroxylation sites is 1. The molecule has 3 heteroatoms. The molecule has 4 aromatic rings. The van der Waals surface area contributed by atoms with Crippen molar-refractivity contribution in [2.24, 2.45) is 0 Å². The number of fused-ring (bicyclic) bond motifs is 1. The van der Waals surface area contributed by atoms with E-state index in [0.29, 0.717) is 0 Å². The lowest BCUT2D eigenvalue weighted by Gasteiger charge is -2.09. The second-order valence-electron chi connectivity index (χ2n) is 5.71. The van der Waals surface area contributed by atoms with Crippen molar-refractivity contribution in [2.75, 3.05) is 0 Å². The number of halogens is 1. The van der Waals surface area contributed by atoms with Gasteiger partial charge in [0.25, 0.3) is 0 Å². The number of rotatable bonds is 4. The van der Waals surface area contributed by atoms with Gasteiger partial charge in [-0.25, -0.2) is 0 Å². The summed E-state index contributed by atoms with van der Waals surface area (Å²) < 4.78 is 8.16. The maximum atomic E-state index is 5.96. The van der Waals surface area contributed by atoms with E-state index in [1.165, 1.54) is 10.9 Å². The molecule has 24 heavy (non-hydrogen) atoms. The van der Waals surface area contributed by atoms with E-state index >= 15 is 0 Å². The number of benzene rings is 3.